The van der Waals surface area contributed by atoms with Gasteiger partial charge in [-0.15, -0.1) is 0 Å². The molecule has 1 aliphatic carbocycles. The van der Waals surface area contributed by atoms with Crippen molar-refractivity contribution in [2.24, 2.45) is 0 Å². The first-order valence-electron chi connectivity index (χ1n) is 3.20. The Morgan fingerprint density at radius 1 is 1.70 bits per heavy atom. The molecule has 0 amide bonds. The van der Waals surface area contributed by atoms with Gasteiger partial charge in [0.05, 0.1) is 7.11 Å². The third-order valence-corrected chi connectivity index (χ3v) is 1.54. The van der Waals surface area contributed by atoms with E-state index in [4.69, 9.17) is 0 Å². The lowest BCUT2D eigenvalue weighted by Crippen LogP contribution is -2.01. The quantitative estimate of drug-likeness (QED) is 0.512. The van der Waals surface area contributed by atoms with Crippen LogP contribution in [0, 0.1) is 0 Å². The Morgan fingerprint density at radius 2 is 2.40 bits per heavy atom. The van der Waals surface area contributed by atoms with E-state index < -0.39 is 0 Å². The fourth-order valence-corrected chi connectivity index (χ4v) is 0.978. The number of ether oxygens (including phenoxy) is 1. The molecule has 0 aromatic heterocycles. The zero-order chi connectivity index (χ0) is 7.56. The molecule has 0 heterocycles. The number of allylic oxidation sites excluding steroid dienone is 2. The summed E-state index contributed by atoms with van der Waals surface area (Å²) in [7, 11) is 1.39. The van der Waals surface area contributed by atoms with Crippen molar-refractivity contribution in [2.75, 3.05) is 7.11 Å². The van der Waals surface area contributed by atoms with Crippen LogP contribution in [0.1, 0.15) is 12.8 Å². The van der Waals surface area contributed by atoms with Crippen LogP contribution < -0.4 is 0 Å². The fraction of sp³-hybridized carbons (Fsp3) is 0.375. The van der Waals surface area contributed by atoms with Crippen LogP contribution in [0.5, 0.6) is 0 Å². The molecular weight excluding hydrogens is 128 g/mol. The molecule has 1 rings (SSSR count). The van der Waals surface area contributed by atoms with Gasteiger partial charge in [0.2, 0.25) is 0 Å². The van der Waals surface area contributed by atoms with Gasteiger partial charge in [-0.25, -0.2) is 4.79 Å². The molecule has 0 aliphatic heterocycles. The first-order chi connectivity index (χ1) is 4.74. The molecule has 2 nitrogen and oxygen atoms in total. The van der Waals surface area contributed by atoms with Crippen LogP contribution in [-0.4, -0.2) is 13.1 Å². The second-order valence-corrected chi connectivity index (χ2v) is 2.32. The van der Waals surface area contributed by atoms with Gasteiger partial charge < -0.3 is 4.74 Å². The highest BCUT2D eigenvalue weighted by Crippen LogP contribution is 2.22. The molecule has 0 bridgehead atoms. The van der Waals surface area contributed by atoms with E-state index in [1.807, 2.05) is 0 Å². The molecule has 0 unspecified atom stereocenters. The Morgan fingerprint density at radius 3 is 2.80 bits per heavy atom. The van der Waals surface area contributed by atoms with Gasteiger partial charge in [-0.05, 0) is 18.9 Å². The van der Waals surface area contributed by atoms with Crippen LogP contribution in [0.25, 0.3) is 0 Å². The number of hydrogen-bond acceptors (Lipinski definition) is 2. The van der Waals surface area contributed by atoms with E-state index in [1.54, 1.807) is 6.08 Å². The van der Waals surface area contributed by atoms with Crippen molar-refractivity contribution in [1.29, 1.82) is 0 Å². The maximum absolute atomic E-state index is 10.8. The molecule has 0 spiro atoms. The normalized spacial score (nSPS) is 16.9. The van der Waals surface area contributed by atoms with Gasteiger partial charge in [-0.1, -0.05) is 12.2 Å². The van der Waals surface area contributed by atoms with Gasteiger partial charge in [0.1, 0.15) is 0 Å². The predicted octanol–water partition coefficient (Wildman–Crippen LogP) is 1.44. The maximum atomic E-state index is 10.8. The van der Waals surface area contributed by atoms with Gasteiger partial charge in [0, 0.05) is 5.57 Å². The molecule has 2 heteroatoms. The molecule has 0 N–H and O–H groups in total. The summed E-state index contributed by atoms with van der Waals surface area (Å²) >= 11 is 0. The monoisotopic (exact) mass is 138 g/mol. The van der Waals surface area contributed by atoms with E-state index >= 15 is 0 Å². The number of methoxy groups -OCH3 is 1. The molecule has 0 saturated carbocycles. The average molecular weight is 138 g/mol. The standard InChI is InChI=1S/C8H10O2/c1-6-3-4-7(5-6)8(9)10-2/h5H,1,3-4H2,2H3. The van der Waals surface area contributed by atoms with Crippen LogP contribution >= 0.6 is 0 Å². The van der Waals surface area contributed by atoms with E-state index in [2.05, 4.69) is 11.3 Å². The van der Waals surface area contributed by atoms with E-state index in [9.17, 15) is 4.79 Å². The van der Waals surface area contributed by atoms with Crippen LogP contribution in [0.4, 0.5) is 0 Å². The predicted molar refractivity (Wildman–Crippen MR) is 38.5 cm³/mol. The van der Waals surface area contributed by atoms with Gasteiger partial charge in [-0.2, -0.15) is 0 Å². The number of hydrogen-bond donors (Lipinski definition) is 0. The fourth-order valence-electron chi connectivity index (χ4n) is 0.978. The van der Waals surface area contributed by atoms with E-state index in [0.717, 1.165) is 24.0 Å². The summed E-state index contributed by atoms with van der Waals surface area (Å²) in [5.41, 5.74) is 1.76. The molecular formula is C8H10O2. The second kappa shape index (κ2) is 2.69. The third-order valence-electron chi connectivity index (χ3n) is 1.54. The Labute approximate surface area is 60.2 Å². The van der Waals surface area contributed by atoms with Crippen molar-refractivity contribution in [1.82, 2.24) is 0 Å². The summed E-state index contributed by atoms with van der Waals surface area (Å²) in [6.07, 6.45) is 3.47. The topological polar surface area (TPSA) is 26.3 Å². The first-order valence-corrected chi connectivity index (χ1v) is 3.20. The summed E-state index contributed by atoms with van der Waals surface area (Å²) in [4.78, 5) is 10.8. The summed E-state index contributed by atoms with van der Waals surface area (Å²) < 4.78 is 4.53. The van der Waals surface area contributed by atoms with Crippen LogP contribution in [0.2, 0.25) is 0 Å². The minimum Gasteiger partial charge on any atom is -0.466 e. The molecule has 54 valence electrons. The maximum Gasteiger partial charge on any atom is 0.333 e. The highest BCUT2D eigenvalue weighted by molar-refractivity contribution is 5.89. The van der Waals surface area contributed by atoms with E-state index in [-0.39, 0.29) is 5.97 Å². The number of carbonyl (C=O) groups is 1. The SMILES string of the molecule is C=C1C=C(C(=O)OC)CC1. The number of esters is 1. The lowest BCUT2D eigenvalue weighted by Gasteiger charge is -1.95. The zero-order valence-corrected chi connectivity index (χ0v) is 6.02. The smallest absolute Gasteiger partial charge is 0.333 e. The summed E-state index contributed by atoms with van der Waals surface area (Å²) in [6, 6.07) is 0. The molecule has 0 fully saturated rings. The lowest BCUT2D eigenvalue weighted by atomic mass is 10.2. The van der Waals surface area contributed by atoms with Crippen LogP contribution in [0.15, 0.2) is 23.8 Å². The van der Waals surface area contributed by atoms with Crippen molar-refractivity contribution in [3.63, 3.8) is 0 Å². The molecule has 1 aliphatic rings. The van der Waals surface area contributed by atoms with Crippen molar-refractivity contribution in [3.05, 3.63) is 23.8 Å². The van der Waals surface area contributed by atoms with Crippen molar-refractivity contribution >= 4 is 5.97 Å². The van der Waals surface area contributed by atoms with E-state index in [1.165, 1.54) is 7.11 Å². The highest BCUT2D eigenvalue weighted by atomic mass is 16.5. The van der Waals surface area contributed by atoms with Crippen LogP contribution in [-0.2, 0) is 9.53 Å². The van der Waals surface area contributed by atoms with Gasteiger partial charge in [-0.3, -0.25) is 0 Å². The van der Waals surface area contributed by atoms with Gasteiger partial charge in [0.15, 0.2) is 0 Å². The Bertz CT molecular complexity index is 201. The molecule has 0 atom stereocenters. The Balaban J connectivity index is 2.66. The largest absolute Gasteiger partial charge is 0.466 e. The minimum atomic E-state index is -0.223. The number of carbonyl (C=O) groups excluding carboxylic acids is 1. The highest BCUT2D eigenvalue weighted by Gasteiger charge is 2.14. The van der Waals surface area contributed by atoms with Crippen molar-refractivity contribution in [3.8, 4) is 0 Å². The Kier molecular flexibility index (Phi) is 1.90. The minimum absolute atomic E-state index is 0.223. The second-order valence-electron chi connectivity index (χ2n) is 2.32. The first kappa shape index (κ1) is 7.06. The lowest BCUT2D eigenvalue weighted by molar-refractivity contribution is -0.136. The average Bonchev–Trinajstić information content (AvgIpc) is 2.34. The molecule has 10 heavy (non-hydrogen) atoms. The molecule has 0 aromatic carbocycles. The Hall–Kier alpha value is -1.05. The van der Waals surface area contributed by atoms with Gasteiger partial charge >= 0.3 is 5.97 Å². The third kappa shape index (κ3) is 1.26. The van der Waals surface area contributed by atoms with Crippen LogP contribution in [0.3, 0.4) is 0 Å². The molecule has 0 saturated heterocycles. The summed E-state index contributed by atoms with van der Waals surface area (Å²) in [5, 5.41) is 0. The summed E-state index contributed by atoms with van der Waals surface area (Å²) in [5.74, 6) is -0.223. The molecule has 0 aromatic rings. The van der Waals surface area contributed by atoms with Gasteiger partial charge in [0.25, 0.3) is 0 Å². The summed E-state index contributed by atoms with van der Waals surface area (Å²) in [6.45, 7) is 3.74. The van der Waals surface area contributed by atoms with Crippen molar-refractivity contribution in [2.45, 2.75) is 12.8 Å². The number of rotatable bonds is 1. The van der Waals surface area contributed by atoms with Crippen molar-refractivity contribution < 1.29 is 9.53 Å². The van der Waals surface area contributed by atoms with E-state index in [0.29, 0.717) is 0 Å². The zero-order valence-electron chi connectivity index (χ0n) is 6.02. The molecule has 0 radical (unpaired) electrons.